The smallest absolute Gasteiger partial charge is 0.137 e. The molecule has 84 valence electrons. The first kappa shape index (κ1) is 10.6. The Bertz CT molecular complexity index is 262. The van der Waals surface area contributed by atoms with E-state index < -0.39 is 0 Å². The van der Waals surface area contributed by atoms with E-state index in [4.69, 9.17) is 0 Å². The topological polar surface area (TPSA) is 42.7 Å². The van der Waals surface area contributed by atoms with Crippen LogP contribution in [0.2, 0.25) is 0 Å². The molecule has 1 aromatic heterocycles. The molecule has 0 atom stereocenters. The molecule has 0 saturated heterocycles. The first-order valence-electron chi connectivity index (χ1n) is 5.90. The number of nitrogens with one attached hydrogen (secondary N) is 1. The summed E-state index contributed by atoms with van der Waals surface area (Å²) in [5.74, 6) is 0.929. The maximum atomic E-state index is 4.08. The van der Waals surface area contributed by atoms with Crippen LogP contribution in [-0.4, -0.2) is 27.4 Å². The van der Waals surface area contributed by atoms with E-state index in [-0.39, 0.29) is 0 Å². The molecule has 4 nitrogen and oxygen atoms in total. The van der Waals surface area contributed by atoms with Gasteiger partial charge in [0.05, 0.1) is 6.54 Å². The molecular formula is C11H20N4. The second-order valence-corrected chi connectivity index (χ2v) is 4.57. The highest BCUT2D eigenvalue weighted by atomic mass is 15.3. The lowest BCUT2D eigenvalue weighted by Crippen LogP contribution is -2.34. The lowest BCUT2D eigenvalue weighted by atomic mass is 9.87. The van der Waals surface area contributed by atoms with E-state index in [1.807, 2.05) is 4.68 Å². The minimum absolute atomic E-state index is 0.727. The predicted molar refractivity (Wildman–Crippen MR) is 59.4 cm³/mol. The zero-order valence-corrected chi connectivity index (χ0v) is 9.39. The van der Waals surface area contributed by atoms with E-state index in [1.54, 1.807) is 12.7 Å². The fourth-order valence-electron chi connectivity index (χ4n) is 2.20. The Morgan fingerprint density at radius 3 is 2.80 bits per heavy atom. The number of aromatic nitrogens is 3. The van der Waals surface area contributed by atoms with Crippen LogP contribution in [0.1, 0.15) is 32.6 Å². The summed E-state index contributed by atoms with van der Waals surface area (Å²) in [5, 5.41) is 7.67. The molecule has 0 amide bonds. The molecule has 1 aliphatic carbocycles. The van der Waals surface area contributed by atoms with Crippen molar-refractivity contribution in [3.8, 4) is 0 Å². The minimum Gasteiger partial charge on any atom is -0.312 e. The normalized spacial score (nSPS) is 26.7. The van der Waals surface area contributed by atoms with Crippen LogP contribution in [0, 0.1) is 5.92 Å². The Balaban J connectivity index is 1.62. The first-order valence-corrected chi connectivity index (χ1v) is 5.90. The Morgan fingerprint density at radius 1 is 1.33 bits per heavy atom. The summed E-state index contributed by atoms with van der Waals surface area (Å²) in [6, 6.07) is 0.727. The molecule has 15 heavy (non-hydrogen) atoms. The zero-order chi connectivity index (χ0) is 10.5. The average Bonchev–Trinajstić information content (AvgIpc) is 2.74. The molecule has 1 aliphatic rings. The standard InChI is InChI=1S/C11H20N4/c1-10-2-4-11(5-3-10)13-6-7-15-9-12-8-14-15/h8-11,13H,2-7H2,1H3. The van der Waals surface area contributed by atoms with E-state index in [0.717, 1.165) is 25.0 Å². The van der Waals surface area contributed by atoms with E-state index in [9.17, 15) is 0 Å². The van der Waals surface area contributed by atoms with Gasteiger partial charge in [-0.05, 0) is 31.6 Å². The monoisotopic (exact) mass is 208 g/mol. The number of hydrogen-bond donors (Lipinski definition) is 1. The van der Waals surface area contributed by atoms with Gasteiger partial charge >= 0.3 is 0 Å². The molecule has 2 rings (SSSR count). The van der Waals surface area contributed by atoms with E-state index in [1.165, 1.54) is 25.7 Å². The van der Waals surface area contributed by atoms with Gasteiger partial charge in [-0.1, -0.05) is 6.92 Å². The maximum absolute atomic E-state index is 4.08. The molecule has 1 fully saturated rings. The van der Waals surface area contributed by atoms with Crippen molar-refractivity contribution in [2.24, 2.45) is 5.92 Å². The van der Waals surface area contributed by atoms with Crippen molar-refractivity contribution in [1.29, 1.82) is 0 Å². The van der Waals surface area contributed by atoms with Gasteiger partial charge in [-0.25, -0.2) is 4.98 Å². The van der Waals surface area contributed by atoms with Crippen molar-refractivity contribution in [1.82, 2.24) is 20.1 Å². The zero-order valence-electron chi connectivity index (χ0n) is 9.39. The molecule has 0 spiro atoms. The van der Waals surface area contributed by atoms with Gasteiger partial charge in [-0.3, -0.25) is 4.68 Å². The van der Waals surface area contributed by atoms with Crippen LogP contribution in [0.25, 0.3) is 0 Å². The Labute approximate surface area is 91.1 Å². The average molecular weight is 208 g/mol. The van der Waals surface area contributed by atoms with Gasteiger partial charge < -0.3 is 5.32 Å². The Kier molecular flexibility index (Phi) is 3.72. The minimum atomic E-state index is 0.727. The van der Waals surface area contributed by atoms with Gasteiger partial charge in [-0.2, -0.15) is 5.10 Å². The molecule has 1 heterocycles. The molecule has 0 unspecified atom stereocenters. The summed E-state index contributed by atoms with van der Waals surface area (Å²) in [7, 11) is 0. The van der Waals surface area contributed by atoms with Crippen molar-refractivity contribution >= 4 is 0 Å². The van der Waals surface area contributed by atoms with Crippen LogP contribution >= 0.6 is 0 Å². The van der Waals surface area contributed by atoms with Gasteiger partial charge in [0.1, 0.15) is 12.7 Å². The third-order valence-corrected chi connectivity index (χ3v) is 3.26. The summed E-state index contributed by atoms with van der Waals surface area (Å²) in [6.07, 6.45) is 8.77. The lowest BCUT2D eigenvalue weighted by Gasteiger charge is -2.26. The van der Waals surface area contributed by atoms with E-state index in [0.29, 0.717) is 0 Å². The molecule has 1 aromatic rings. The quantitative estimate of drug-likeness (QED) is 0.814. The third-order valence-electron chi connectivity index (χ3n) is 3.26. The molecule has 0 radical (unpaired) electrons. The number of nitrogens with zero attached hydrogens (tertiary/aromatic N) is 3. The Morgan fingerprint density at radius 2 is 2.13 bits per heavy atom. The molecule has 0 aliphatic heterocycles. The summed E-state index contributed by atoms with van der Waals surface area (Å²) >= 11 is 0. The van der Waals surface area contributed by atoms with Crippen molar-refractivity contribution < 1.29 is 0 Å². The van der Waals surface area contributed by atoms with Crippen LogP contribution in [0.4, 0.5) is 0 Å². The van der Waals surface area contributed by atoms with Crippen LogP contribution in [-0.2, 0) is 6.54 Å². The van der Waals surface area contributed by atoms with E-state index >= 15 is 0 Å². The third kappa shape index (κ3) is 3.30. The molecule has 1 saturated carbocycles. The highest BCUT2D eigenvalue weighted by Gasteiger charge is 2.16. The fraction of sp³-hybridized carbons (Fsp3) is 0.818. The fourth-order valence-corrected chi connectivity index (χ4v) is 2.20. The molecule has 0 bridgehead atoms. The molecular weight excluding hydrogens is 188 g/mol. The highest BCUT2D eigenvalue weighted by Crippen LogP contribution is 2.23. The second kappa shape index (κ2) is 5.26. The van der Waals surface area contributed by atoms with Crippen molar-refractivity contribution in [2.75, 3.05) is 6.54 Å². The first-order chi connectivity index (χ1) is 7.34. The van der Waals surface area contributed by atoms with Crippen LogP contribution in [0.5, 0.6) is 0 Å². The van der Waals surface area contributed by atoms with Crippen molar-refractivity contribution in [3.05, 3.63) is 12.7 Å². The summed E-state index contributed by atoms with van der Waals surface area (Å²) in [4.78, 5) is 3.92. The maximum Gasteiger partial charge on any atom is 0.137 e. The highest BCUT2D eigenvalue weighted by molar-refractivity contribution is 4.75. The van der Waals surface area contributed by atoms with Gasteiger partial charge in [0.15, 0.2) is 0 Å². The second-order valence-electron chi connectivity index (χ2n) is 4.57. The summed E-state index contributed by atoms with van der Waals surface area (Å²) in [5.41, 5.74) is 0. The van der Waals surface area contributed by atoms with Gasteiger partial charge in [0, 0.05) is 12.6 Å². The van der Waals surface area contributed by atoms with Gasteiger partial charge in [-0.15, -0.1) is 0 Å². The largest absolute Gasteiger partial charge is 0.312 e. The number of hydrogen-bond acceptors (Lipinski definition) is 3. The molecule has 4 heteroatoms. The van der Waals surface area contributed by atoms with Gasteiger partial charge in [0.2, 0.25) is 0 Å². The number of rotatable bonds is 4. The van der Waals surface area contributed by atoms with Crippen LogP contribution in [0.15, 0.2) is 12.7 Å². The van der Waals surface area contributed by atoms with Gasteiger partial charge in [0.25, 0.3) is 0 Å². The molecule has 1 N–H and O–H groups in total. The Hall–Kier alpha value is -0.900. The molecule has 0 aromatic carbocycles. The predicted octanol–water partition coefficient (Wildman–Crippen LogP) is 1.45. The summed E-state index contributed by atoms with van der Waals surface area (Å²) < 4.78 is 1.87. The van der Waals surface area contributed by atoms with Crippen LogP contribution in [0.3, 0.4) is 0 Å². The van der Waals surface area contributed by atoms with E-state index in [2.05, 4.69) is 22.3 Å². The van der Waals surface area contributed by atoms with Crippen molar-refractivity contribution in [2.45, 2.75) is 45.2 Å². The summed E-state index contributed by atoms with van der Waals surface area (Å²) in [6.45, 7) is 4.28. The van der Waals surface area contributed by atoms with Crippen LogP contribution < -0.4 is 5.32 Å². The SMILES string of the molecule is CC1CCC(NCCn2cncn2)CC1. The lowest BCUT2D eigenvalue weighted by molar-refractivity contribution is 0.304. The van der Waals surface area contributed by atoms with Crippen molar-refractivity contribution in [3.63, 3.8) is 0 Å².